The summed E-state index contributed by atoms with van der Waals surface area (Å²) < 4.78 is 7.84. The van der Waals surface area contributed by atoms with Crippen LogP contribution < -0.4 is 0 Å². The molecular weight excluding hydrogens is 475 g/mol. The van der Waals surface area contributed by atoms with Gasteiger partial charge in [-0.25, -0.2) is 0 Å². The van der Waals surface area contributed by atoms with Crippen molar-refractivity contribution in [2.45, 2.75) is 55.4 Å². The summed E-state index contributed by atoms with van der Waals surface area (Å²) in [4.78, 5) is 0. The molecule has 3 aromatic heterocycles. The van der Waals surface area contributed by atoms with Gasteiger partial charge in [-0.2, -0.15) is 0 Å². The number of rotatable bonds is 0. The van der Waals surface area contributed by atoms with Crippen LogP contribution in [0, 0.1) is 0 Å². The standard InChI is InChI=1S/C25H15NS2.4C2H6/c1-26-20-10-18-14-6-2-4-8-22(14)27-24(18)12-16(20)17-13-25-19(11-21(17)26)15-7-3-5-9-23(15)28-25;4*1-2/h2-13H,1H3;4*1-2H3. The Kier molecular flexibility index (Phi) is 9.53. The lowest BCUT2D eigenvalue weighted by Crippen LogP contribution is -1.86. The smallest absolute Gasteiger partial charge is 0.0495 e. The molecule has 0 fully saturated rings. The van der Waals surface area contributed by atoms with Crippen LogP contribution in [0.5, 0.6) is 0 Å². The van der Waals surface area contributed by atoms with Gasteiger partial charge in [0.1, 0.15) is 0 Å². The summed E-state index contributed by atoms with van der Waals surface area (Å²) in [6, 6.07) is 27.0. The van der Waals surface area contributed by atoms with Gasteiger partial charge in [-0.1, -0.05) is 91.8 Å². The predicted molar refractivity (Wildman–Crippen MR) is 172 cm³/mol. The largest absolute Gasteiger partial charge is 0.344 e. The molecule has 7 aromatic rings. The summed E-state index contributed by atoms with van der Waals surface area (Å²) in [5.41, 5.74) is 2.63. The fourth-order valence-corrected chi connectivity index (χ4v) is 6.89. The Morgan fingerprint density at radius 1 is 0.417 bits per heavy atom. The molecule has 0 aliphatic rings. The van der Waals surface area contributed by atoms with E-state index in [4.69, 9.17) is 0 Å². The van der Waals surface area contributed by atoms with Crippen molar-refractivity contribution in [3.05, 3.63) is 72.8 Å². The van der Waals surface area contributed by atoms with Gasteiger partial charge in [0.15, 0.2) is 0 Å². The van der Waals surface area contributed by atoms with E-state index in [0.717, 1.165) is 0 Å². The van der Waals surface area contributed by atoms with E-state index in [1.807, 2.05) is 78.1 Å². The lowest BCUT2D eigenvalue weighted by atomic mass is 10.1. The third-order valence-electron chi connectivity index (χ3n) is 6.00. The molecule has 4 aromatic carbocycles. The Hall–Kier alpha value is -2.88. The van der Waals surface area contributed by atoms with Gasteiger partial charge < -0.3 is 4.57 Å². The normalized spacial score (nSPS) is 10.4. The highest BCUT2D eigenvalue weighted by Crippen LogP contribution is 2.42. The van der Waals surface area contributed by atoms with E-state index in [2.05, 4.69) is 84.4 Å². The molecule has 0 N–H and O–H groups in total. The number of aromatic nitrogens is 1. The molecule has 0 aliphatic carbocycles. The van der Waals surface area contributed by atoms with Crippen molar-refractivity contribution >= 4 is 84.8 Å². The van der Waals surface area contributed by atoms with Gasteiger partial charge in [-0.05, 0) is 36.4 Å². The average Bonchev–Trinajstić information content (AvgIpc) is 3.60. The Balaban J connectivity index is 0.000000415. The van der Waals surface area contributed by atoms with E-state index in [-0.39, 0.29) is 0 Å². The second-order valence-electron chi connectivity index (χ2n) is 7.49. The van der Waals surface area contributed by atoms with Crippen LogP contribution >= 0.6 is 22.7 Å². The van der Waals surface area contributed by atoms with Gasteiger partial charge in [0.05, 0.1) is 0 Å². The monoisotopic (exact) mass is 513 g/mol. The van der Waals surface area contributed by atoms with Crippen molar-refractivity contribution in [2.24, 2.45) is 7.05 Å². The molecule has 0 spiro atoms. The Morgan fingerprint density at radius 2 is 0.778 bits per heavy atom. The highest BCUT2D eigenvalue weighted by atomic mass is 32.1. The lowest BCUT2D eigenvalue weighted by molar-refractivity contribution is 1.02. The van der Waals surface area contributed by atoms with E-state index in [0.29, 0.717) is 0 Å². The highest BCUT2D eigenvalue weighted by molar-refractivity contribution is 7.26. The molecule has 0 aliphatic heterocycles. The third-order valence-corrected chi connectivity index (χ3v) is 8.27. The predicted octanol–water partition coefficient (Wildman–Crippen LogP) is 12.2. The first-order valence-electron chi connectivity index (χ1n) is 13.4. The molecule has 0 saturated heterocycles. The minimum atomic E-state index is 1.31. The van der Waals surface area contributed by atoms with Crippen LogP contribution in [-0.4, -0.2) is 4.57 Å². The number of fused-ring (bicyclic) bond motifs is 9. The van der Waals surface area contributed by atoms with Crippen LogP contribution in [0.3, 0.4) is 0 Å². The van der Waals surface area contributed by atoms with Crippen molar-refractivity contribution < 1.29 is 0 Å². The zero-order valence-electron chi connectivity index (χ0n) is 23.2. The van der Waals surface area contributed by atoms with Crippen molar-refractivity contribution in [2.75, 3.05) is 0 Å². The van der Waals surface area contributed by atoms with Crippen LogP contribution in [0.25, 0.3) is 62.2 Å². The summed E-state index contributed by atoms with van der Waals surface area (Å²) in [6.45, 7) is 16.0. The number of hydrogen-bond acceptors (Lipinski definition) is 2. The molecule has 0 amide bonds. The maximum absolute atomic E-state index is 2.40. The topological polar surface area (TPSA) is 4.93 Å². The first-order chi connectivity index (χ1) is 17.8. The van der Waals surface area contributed by atoms with Gasteiger partial charge in [0, 0.05) is 69.2 Å². The van der Waals surface area contributed by atoms with Crippen LogP contribution in [0.1, 0.15) is 55.4 Å². The number of thiophene rings is 2. The summed E-state index contributed by atoms with van der Waals surface area (Å²) >= 11 is 3.79. The lowest BCUT2D eigenvalue weighted by Gasteiger charge is -1.99. The van der Waals surface area contributed by atoms with Crippen LogP contribution in [0.15, 0.2) is 72.8 Å². The molecule has 0 radical (unpaired) electrons. The Labute approximate surface area is 224 Å². The fraction of sp³-hybridized carbons (Fsp3) is 0.273. The quantitative estimate of drug-likeness (QED) is 0.190. The maximum Gasteiger partial charge on any atom is 0.0495 e. The molecule has 36 heavy (non-hydrogen) atoms. The zero-order valence-corrected chi connectivity index (χ0v) is 24.8. The average molecular weight is 514 g/mol. The van der Waals surface area contributed by atoms with E-state index >= 15 is 0 Å². The van der Waals surface area contributed by atoms with Crippen molar-refractivity contribution in [3.8, 4) is 0 Å². The molecule has 3 heterocycles. The molecule has 0 unspecified atom stereocenters. The van der Waals surface area contributed by atoms with Gasteiger partial charge >= 0.3 is 0 Å². The van der Waals surface area contributed by atoms with Crippen LogP contribution in [-0.2, 0) is 7.05 Å². The molecule has 0 atom stereocenters. The molecule has 1 nitrogen and oxygen atoms in total. The third kappa shape index (κ3) is 4.51. The Bertz CT molecular complexity index is 1600. The summed E-state index contributed by atoms with van der Waals surface area (Å²) in [5.74, 6) is 0. The molecule has 3 heteroatoms. The molecule has 0 saturated carbocycles. The van der Waals surface area contributed by atoms with Crippen LogP contribution in [0.4, 0.5) is 0 Å². The first kappa shape index (κ1) is 27.7. The molecule has 7 rings (SSSR count). The molecule has 0 bridgehead atoms. The Morgan fingerprint density at radius 3 is 1.17 bits per heavy atom. The van der Waals surface area contributed by atoms with Gasteiger partial charge in [0.25, 0.3) is 0 Å². The van der Waals surface area contributed by atoms with E-state index in [1.165, 1.54) is 62.2 Å². The maximum atomic E-state index is 2.40. The fourth-order valence-electron chi connectivity index (χ4n) is 4.64. The molecular formula is C33H39NS2. The number of aryl methyl sites for hydroxylation is 1. The summed E-state index contributed by atoms with van der Waals surface area (Å²) in [5, 5.41) is 8.17. The minimum Gasteiger partial charge on any atom is -0.344 e. The number of nitrogens with zero attached hydrogens (tertiary/aromatic N) is 1. The second-order valence-corrected chi connectivity index (χ2v) is 9.65. The molecule has 188 valence electrons. The highest BCUT2D eigenvalue weighted by Gasteiger charge is 2.15. The first-order valence-corrected chi connectivity index (χ1v) is 15.1. The SMILES string of the molecule is CC.CC.CC.CC.Cn1c2cc3c(cc2c2cc4sc5ccccc5c4cc21)sc1ccccc13. The summed E-state index contributed by atoms with van der Waals surface area (Å²) in [7, 11) is 2.20. The van der Waals surface area contributed by atoms with Gasteiger partial charge in [0.2, 0.25) is 0 Å². The van der Waals surface area contributed by atoms with E-state index < -0.39 is 0 Å². The number of hydrogen-bond donors (Lipinski definition) is 0. The summed E-state index contributed by atoms with van der Waals surface area (Å²) in [6.07, 6.45) is 0. The van der Waals surface area contributed by atoms with E-state index in [1.54, 1.807) is 0 Å². The second kappa shape index (κ2) is 12.4. The van der Waals surface area contributed by atoms with Gasteiger partial charge in [-0.3, -0.25) is 0 Å². The van der Waals surface area contributed by atoms with Gasteiger partial charge in [-0.15, -0.1) is 22.7 Å². The van der Waals surface area contributed by atoms with E-state index in [9.17, 15) is 0 Å². The van der Waals surface area contributed by atoms with Crippen molar-refractivity contribution in [1.29, 1.82) is 0 Å². The van der Waals surface area contributed by atoms with Crippen LogP contribution in [0.2, 0.25) is 0 Å². The minimum absolute atomic E-state index is 1.31. The van der Waals surface area contributed by atoms with Crippen molar-refractivity contribution in [1.82, 2.24) is 4.57 Å². The zero-order chi connectivity index (χ0) is 26.4. The van der Waals surface area contributed by atoms with Crippen molar-refractivity contribution in [3.63, 3.8) is 0 Å². The number of benzene rings is 4.